The molecule has 0 bridgehead atoms. The largest absolute Gasteiger partial charge is 0.355 e. The molecule has 4 rings (SSSR count). The fourth-order valence-electron chi connectivity index (χ4n) is 3.22. The number of carbonyl (C=O) groups is 2. The molecular weight excluding hydrogens is 394 g/mol. The number of rotatable bonds is 4. The van der Waals surface area contributed by atoms with Crippen molar-refractivity contribution in [3.05, 3.63) is 83.4 Å². The van der Waals surface area contributed by atoms with E-state index in [1.807, 2.05) is 87.5 Å². The van der Waals surface area contributed by atoms with Crippen LogP contribution in [0, 0.1) is 20.8 Å². The van der Waals surface area contributed by atoms with Crippen LogP contribution in [-0.2, 0) is 9.59 Å². The molecule has 0 aromatic heterocycles. The number of hydrogen-bond donors (Lipinski definition) is 3. The summed E-state index contributed by atoms with van der Waals surface area (Å²) >= 11 is 1.22. The summed E-state index contributed by atoms with van der Waals surface area (Å²) in [5, 5.41) is 9.01. The molecule has 0 saturated heterocycles. The van der Waals surface area contributed by atoms with Crippen molar-refractivity contribution < 1.29 is 9.59 Å². The molecule has 0 spiro atoms. The van der Waals surface area contributed by atoms with Crippen molar-refractivity contribution in [1.82, 2.24) is 0 Å². The number of carbonyl (C=O) groups excluding carboxylic acids is 2. The molecule has 0 fully saturated rings. The summed E-state index contributed by atoms with van der Waals surface area (Å²) in [4.78, 5) is 26.0. The molecule has 0 radical (unpaired) electrons. The SMILES string of the molecule is Cc1ccc(NC(=O)C2(Nc3ccc(C)cc3)Sc3cc(C)ccc3NC2=O)cc1. The van der Waals surface area contributed by atoms with Crippen molar-refractivity contribution in [3.63, 3.8) is 0 Å². The third-order valence-corrected chi connectivity index (χ3v) is 6.31. The Hall–Kier alpha value is -3.25. The van der Waals surface area contributed by atoms with Gasteiger partial charge in [-0.25, -0.2) is 0 Å². The Balaban J connectivity index is 1.74. The lowest BCUT2D eigenvalue weighted by molar-refractivity contribution is -0.126. The zero-order chi connectivity index (χ0) is 21.3. The van der Waals surface area contributed by atoms with E-state index >= 15 is 0 Å². The summed E-state index contributed by atoms with van der Waals surface area (Å²) < 4.78 is 0. The smallest absolute Gasteiger partial charge is 0.271 e. The van der Waals surface area contributed by atoms with Gasteiger partial charge in [0.15, 0.2) is 0 Å². The Morgan fingerprint density at radius 2 is 1.40 bits per heavy atom. The average molecular weight is 418 g/mol. The van der Waals surface area contributed by atoms with Crippen LogP contribution < -0.4 is 16.0 Å². The van der Waals surface area contributed by atoms with Gasteiger partial charge in [0.05, 0.1) is 5.69 Å². The molecular formula is C24H23N3O2S. The molecule has 152 valence electrons. The first-order chi connectivity index (χ1) is 14.4. The van der Waals surface area contributed by atoms with E-state index in [1.54, 1.807) is 0 Å². The number of amides is 2. The van der Waals surface area contributed by atoms with Gasteiger partial charge in [-0.15, -0.1) is 0 Å². The van der Waals surface area contributed by atoms with Gasteiger partial charge in [0.25, 0.3) is 11.8 Å². The first kappa shape index (κ1) is 20.0. The second-order valence-corrected chi connectivity index (χ2v) is 8.80. The number of thioether (sulfide) groups is 1. The van der Waals surface area contributed by atoms with E-state index in [9.17, 15) is 9.59 Å². The van der Waals surface area contributed by atoms with Crippen LogP contribution in [0.25, 0.3) is 0 Å². The van der Waals surface area contributed by atoms with Gasteiger partial charge in [0, 0.05) is 16.3 Å². The van der Waals surface area contributed by atoms with Crippen LogP contribution in [0.1, 0.15) is 16.7 Å². The Labute approximate surface area is 180 Å². The highest BCUT2D eigenvalue weighted by molar-refractivity contribution is 8.02. The fourth-order valence-corrected chi connectivity index (χ4v) is 4.48. The number of hydrogen-bond acceptors (Lipinski definition) is 4. The summed E-state index contributed by atoms with van der Waals surface area (Å²) in [6.45, 7) is 5.96. The van der Waals surface area contributed by atoms with Crippen LogP contribution in [0.5, 0.6) is 0 Å². The highest BCUT2D eigenvalue weighted by atomic mass is 32.2. The van der Waals surface area contributed by atoms with Gasteiger partial charge in [-0.3, -0.25) is 9.59 Å². The second kappa shape index (κ2) is 7.88. The monoisotopic (exact) mass is 417 g/mol. The van der Waals surface area contributed by atoms with Gasteiger partial charge >= 0.3 is 0 Å². The van der Waals surface area contributed by atoms with Crippen molar-refractivity contribution in [2.45, 2.75) is 30.5 Å². The molecule has 3 N–H and O–H groups in total. The van der Waals surface area contributed by atoms with Crippen molar-refractivity contribution in [2.24, 2.45) is 0 Å². The van der Waals surface area contributed by atoms with Gasteiger partial charge in [0.1, 0.15) is 0 Å². The minimum atomic E-state index is -1.55. The molecule has 1 heterocycles. The molecule has 0 aliphatic carbocycles. The fraction of sp³-hybridized carbons (Fsp3) is 0.167. The zero-order valence-corrected chi connectivity index (χ0v) is 17.9. The lowest BCUT2D eigenvalue weighted by Crippen LogP contribution is -2.57. The first-order valence-electron chi connectivity index (χ1n) is 9.70. The lowest BCUT2D eigenvalue weighted by atomic mass is 10.1. The Morgan fingerprint density at radius 1 is 0.833 bits per heavy atom. The molecule has 1 atom stereocenters. The van der Waals surface area contributed by atoms with Crippen molar-refractivity contribution in [1.29, 1.82) is 0 Å². The topological polar surface area (TPSA) is 70.2 Å². The molecule has 6 heteroatoms. The Morgan fingerprint density at radius 3 is 2.03 bits per heavy atom. The van der Waals surface area contributed by atoms with Crippen LogP contribution in [0.15, 0.2) is 71.6 Å². The molecule has 30 heavy (non-hydrogen) atoms. The van der Waals surface area contributed by atoms with Crippen LogP contribution in [0.3, 0.4) is 0 Å². The number of anilines is 3. The predicted molar refractivity (Wildman–Crippen MR) is 123 cm³/mol. The van der Waals surface area contributed by atoms with E-state index in [2.05, 4.69) is 16.0 Å². The summed E-state index contributed by atoms with van der Waals surface area (Å²) in [6.07, 6.45) is 0. The van der Waals surface area contributed by atoms with Crippen LogP contribution in [-0.4, -0.2) is 16.7 Å². The molecule has 3 aromatic rings. The van der Waals surface area contributed by atoms with E-state index < -0.39 is 16.7 Å². The van der Waals surface area contributed by atoms with Gasteiger partial charge in [-0.2, -0.15) is 0 Å². The number of benzene rings is 3. The number of nitrogens with one attached hydrogen (secondary N) is 3. The van der Waals surface area contributed by atoms with E-state index in [-0.39, 0.29) is 0 Å². The maximum absolute atomic E-state index is 13.5. The molecule has 1 aliphatic heterocycles. The Kier molecular flexibility index (Phi) is 5.26. The van der Waals surface area contributed by atoms with Gasteiger partial charge in [-0.05, 0) is 62.7 Å². The standard InChI is InChI=1S/C24H23N3O2S/c1-15-4-9-18(10-5-15)25-22(28)24(27-19-11-6-16(2)7-12-19)23(29)26-20-13-8-17(3)14-21(20)30-24/h4-14,27H,1-3H3,(H,25,28)(H,26,29). The minimum absolute atomic E-state index is 0.408. The van der Waals surface area contributed by atoms with Crippen molar-refractivity contribution in [2.75, 3.05) is 16.0 Å². The van der Waals surface area contributed by atoms with Crippen LogP contribution >= 0.6 is 11.8 Å². The molecule has 3 aromatic carbocycles. The Bertz CT molecular complexity index is 1110. The van der Waals surface area contributed by atoms with Crippen LogP contribution in [0.4, 0.5) is 17.1 Å². The average Bonchev–Trinajstić information content (AvgIpc) is 2.72. The molecule has 1 aliphatic rings. The predicted octanol–water partition coefficient (Wildman–Crippen LogP) is 5.10. The summed E-state index contributed by atoms with van der Waals surface area (Å²) in [6, 6.07) is 20.9. The molecule has 5 nitrogen and oxygen atoms in total. The molecule has 1 unspecified atom stereocenters. The van der Waals surface area contributed by atoms with E-state index in [1.165, 1.54) is 11.8 Å². The van der Waals surface area contributed by atoms with Gasteiger partial charge in [0.2, 0.25) is 4.87 Å². The lowest BCUT2D eigenvalue weighted by Gasteiger charge is -2.36. The summed E-state index contributed by atoms with van der Waals surface area (Å²) in [5.74, 6) is -0.837. The quantitative estimate of drug-likeness (QED) is 0.517. The zero-order valence-electron chi connectivity index (χ0n) is 17.1. The highest BCUT2D eigenvalue weighted by Crippen LogP contribution is 2.44. The first-order valence-corrected chi connectivity index (χ1v) is 10.5. The second-order valence-electron chi connectivity index (χ2n) is 7.55. The van der Waals surface area contributed by atoms with Gasteiger partial charge in [-0.1, -0.05) is 53.2 Å². The minimum Gasteiger partial charge on any atom is -0.355 e. The van der Waals surface area contributed by atoms with E-state index in [0.717, 1.165) is 21.6 Å². The van der Waals surface area contributed by atoms with Crippen molar-refractivity contribution in [3.8, 4) is 0 Å². The third-order valence-electron chi connectivity index (χ3n) is 4.97. The van der Waals surface area contributed by atoms with Gasteiger partial charge < -0.3 is 16.0 Å². The maximum atomic E-state index is 13.5. The van der Waals surface area contributed by atoms with Crippen LogP contribution in [0.2, 0.25) is 0 Å². The van der Waals surface area contributed by atoms with E-state index in [4.69, 9.17) is 0 Å². The van der Waals surface area contributed by atoms with Crippen molar-refractivity contribution >= 4 is 40.6 Å². The number of aryl methyl sites for hydroxylation is 3. The number of fused-ring (bicyclic) bond motifs is 1. The molecule has 2 amide bonds. The maximum Gasteiger partial charge on any atom is 0.271 e. The highest BCUT2D eigenvalue weighted by Gasteiger charge is 2.50. The molecule has 0 saturated carbocycles. The van der Waals surface area contributed by atoms with E-state index in [0.29, 0.717) is 17.1 Å². The third kappa shape index (κ3) is 3.91. The summed E-state index contributed by atoms with van der Waals surface area (Å²) in [5.41, 5.74) is 5.29. The summed E-state index contributed by atoms with van der Waals surface area (Å²) in [7, 11) is 0. The normalized spacial score (nSPS) is 17.6.